The zero-order valence-electron chi connectivity index (χ0n) is 22.4. The number of likely N-dealkylation sites (tertiary alicyclic amines) is 1. The minimum Gasteiger partial charge on any atom is -0.481 e. The number of amides is 3. The highest BCUT2D eigenvalue weighted by Crippen LogP contribution is 2.21. The molecule has 4 atom stereocenters. The first-order chi connectivity index (χ1) is 19.5. The van der Waals surface area contributed by atoms with Crippen molar-refractivity contribution >= 4 is 46.5 Å². The van der Waals surface area contributed by atoms with Crippen LogP contribution >= 0.6 is 0 Å². The number of carboxylic acid groups (broad SMARTS) is 2. The Labute approximate surface area is 235 Å². The Kier molecular flexibility index (Phi) is 10.6. The van der Waals surface area contributed by atoms with Crippen molar-refractivity contribution in [3.05, 3.63) is 36.0 Å². The van der Waals surface area contributed by atoms with E-state index in [2.05, 4.69) is 20.6 Å². The number of hydrogen-bond donors (Lipinski definition) is 8. The molecule has 1 fully saturated rings. The number of nitrogens with one attached hydrogen (secondary N) is 3. The van der Waals surface area contributed by atoms with Crippen LogP contribution in [0.3, 0.4) is 0 Å². The monoisotopic (exact) mass is 572 g/mol. The van der Waals surface area contributed by atoms with Crippen molar-refractivity contribution in [1.82, 2.24) is 20.5 Å². The van der Waals surface area contributed by atoms with Crippen molar-refractivity contribution in [2.75, 3.05) is 13.1 Å². The van der Waals surface area contributed by atoms with Crippen LogP contribution in [0, 0.1) is 0 Å². The molecule has 15 nitrogen and oxygen atoms in total. The van der Waals surface area contributed by atoms with Crippen LogP contribution in [-0.4, -0.2) is 93.0 Å². The van der Waals surface area contributed by atoms with Crippen molar-refractivity contribution in [2.45, 2.75) is 62.7 Å². The Hall–Kier alpha value is -4.66. The maximum Gasteiger partial charge on any atom is 0.326 e. The van der Waals surface area contributed by atoms with E-state index in [0.717, 1.165) is 10.9 Å². The van der Waals surface area contributed by atoms with Gasteiger partial charge in [0.2, 0.25) is 17.7 Å². The normalized spacial score (nSPS) is 16.9. The second-order valence-electron chi connectivity index (χ2n) is 9.87. The first kappa shape index (κ1) is 30.9. The SMILES string of the molecule is NC(N)=NCCCC(NC(=O)C(Cc1c[nH]c2ccccc12)NC(=O)C(N)CC(=O)O)C(=O)N1CCCC1C(=O)O. The van der Waals surface area contributed by atoms with Crippen LogP contribution < -0.4 is 27.8 Å². The number of para-hydroxylation sites is 1. The molecule has 1 aliphatic rings. The summed E-state index contributed by atoms with van der Waals surface area (Å²) in [7, 11) is 0. The average molecular weight is 573 g/mol. The van der Waals surface area contributed by atoms with E-state index >= 15 is 0 Å². The quantitative estimate of drug-likeness (QED) is 0.0746. The largest absolute Gasteiger partial charge is 0.481 e. The second-order valence-corrected chi connectivity index (χ2v) is 9.87. The van der Waals surface area contributed by atoms with Gasteiger partial charge >= 0.3 is 11.9 Å². The predicted molar refractivity (Wildman–Crippen MR) is 148 cm³/mol. The molecule has 0 spiro atoms. The summed E-state index contributed by atoms with van der Waals surface area (Å²) in [5, 5.41) is 24.6. The van der Waals surface area contributed by atoms with Crippen LogP contribution in [0.4, 0.5) is 0 Å². The molecule has 1 aromatic carbocycles. The smallest absolute Gasteiger partial charge is 0.326 e. The number of fused-ring (bicyclic) bond motifs is 1. The molecule has 0 bridgehead atoms. The van der Waals surface area contributed by atoms with Crippen LogP contribution in [-0.2, 0) is 30.4 Å². The maximum atomic E-state index is 13.6. The molecular weight excluding hydrogens is 536 g/mol. The fraction of sp³-hybridized carbons (Fsp3) is 0.462. The Morgan fingerprint density at radius 2 is 1.78 bits per heavy atom. The lowest BCUT2D eigenvalue weighted by Crippen LogP contribution is -2.57. The maximum absolute atomic E-state index is 13.6. The summed E-state index contributed by atoms with van der Waals surface area (Å²) < 4.78 is 0. The van der Waals surface area contributed by atoms with Crippen molar-refractivity contribution in [1.29, 1.82) is 0 Å². The second kappa shape index (κ2) is 14.1. The zero-order chi connectivity index (χ0) is 30.1. The number of guanidine groups is 1. The molecule has 0 radical (unpaired) electrons. The number of aromatic nitrogens is 1. The molecule has 3 amide bonds. The van der Waals surface area contributed by atoms with Gasteiger partial charge in [0.1, 0.15) is 18.1 Å². The topological polar surface area (TPSA) is 259 Å². The number of aliphatic carboxylic acids is 2. The van der Waals surface area contributed by atoms with Gasteiger partial charge in [-0.3, -0.25) is 24.2 Å². The van der Waals surface area contributed by atoms with Crippen LogP contribution in [0.1, 0.15) is 37.7 Å². The van der Waals surface area contributed by atoms with Gasteiger partial charge in [0.15, 0.2) is 5.96 Å². The number of carboxylic acids is 2. The zero-order valence-corrected chi connectivity index (χ0v) is 22.4. The van der Waals surface area contributed by atoms with Crippen molar-refractivity contribution in [3.8, 4) is 0 Å². The Morgan fingerprint density at radius 1 is 1.07 bits per heavy atom. The summed E-state index contributed by atoms with van der Waals surface area (Å²) in [5.41, 5.74) is 18.0. The highest BCUT2D eigenvalue weighted by Gasteiger charge is 2.38. The van der Waals surface area contributed by atoms with Gasteiger partial charge in [0.05, 0.1) is 12.5 Å². The van der Waals surface area contributed by atoms with Crippen LogP contribution in [0.2, 0.25) is 0 Å². The highest BCUT2D eigenvalue weighted by molar-refractivity contribution is 5.95. The van der Waals surface area contributed by atoms with E-state index in [1.54, 1.807) is 6.20 Å². The van der Waals surface area contributed by atoms with Gasteiger partial charge in [0.25, 0.3) is 0 Å². The molecule has 4 unspecified atom stereocenters. The molecule has 15 heteroatoms. The third-order valence-corrected chi connectivity index (χ3v) is 6.84. The Balaban J connectivity index is 1.86. The van der Waals surface area contributed by atoms with E-state index in [1.165, 1.54) is 4.90 Å². The summed E-state index contributed by atoms with van der Waals surface area (Å²) >= 11 is 0. The molecule has 1 aromatic heterocycles. The number of aromatic amines is 1. The number of carbonyl (C=O) groups excluding carboxylic acids is 3. The van der Waals surface area contributed by atoms with E-state index in [4.69, 9.17) is 22.3 Å². The highest BCUT2D eigenvalue weighted by atomic mass is 16.4. The molecule has 1 aliphatic heterocycles. The third-order valence-electron chi connectivity index (χ3n) is 6.84. The number of hydrogen-bond acceptors (Lipinski definition) is 7. The predicted octanol–water partition coefficient (Wildman–Crippen LogP) is -1.39. The first-order valence-corrected chi connectivity index (χ1v) is 13.2. The first-order valence-electron chi connectivity index (χ1n) is 13.2. The molecule has 0 aliphatic carbocycles. The number of nitrogens with zero attached hydrogens (tertiary/aromatic N) is 2. The number of rotatable bonds is 14. The number of aliphatic imine (C=N–C) groups is 1. The van der Waals surface area contributed by atoms with Crippen LogP contribution in [0.5, 0.6) is 0 Å². The summed E-state index contributed by atoms with van der Waals surface area (Å²) in [6, 6.07) is 2.53. The summed E-state index contributed by atoms with van der Waals surface area (Å²) in [4.78, 5) is 70.8. The van der Waals surface area contributed by atoms with Gasteiger partial charge in [0, 0.05) is 36.6 Å². The molecular formula is C26H36N8O7. The number of nitrogens with two attached hydrogens (primary N) is 3. The minimum absolute atomic E-state index is 0.00223. The molecule has 41 heavy (non-hydrogen) atoms. The van der Waals surface area contributed by atoms with Crippen molar-refractivity contribution in [2.24, 2.45) is 22.2 Å². The molecule has 11 N–H and O–H groups in total. The summed E-state index contributed by atoms with van der Waals surface area (Å²) in [6.45, 7) is 0.388. The minimum atomic E-state index is -1.41. The molecule has 1 saturated heterocycles. The summed E-state index contributed by atoms with van der Waals surface area (Å²) in [5.74, 6) is -4.71. The van der Waals surface area contributed by atoms with Crippen LogP contribution in [0.25, 0.3) is 10.9 Å². The molecule has 0 saturated carbocycles. The van der Waals surface area contributed by atoms with Gasteiger partial charge in [-0.2, -0.15) is 0 Å². The summed E-state index contributed by atoms with van der Waals surface area (Å²) in [6.07, 6.45) is 2.21. The average Bonchev–Trinajstić information content (AvgIpc) is 3.57. The van der Waals surface area contributed by atoms with Gasteiger partial charge in [-0.15, -0.1) is 0 Å². The lowest BCUT2D eigenvalue weighted by atomic mass is 10.0. The van der Waals surface area contributed by atoms with Gasteiger partial charge in [-0.1, -0.05) is 18.2 Å². The lowest BCUT2D eigenvalue weighted by Gasteiger charge is -2.29. The number of H-pyrrole nitrogens is 1. The fourth-order valence-electron chi connectivity index (χ4n) is 4.81. The standard InChI is InChI=1S/C26H36N8O7/c27-16(12-21(35)36)22(37)33-19(11-14-13-31-17-6-2-1-5-15(14)17)23(38)32-18(7-3-9-30-26(28)29)24(39)34-10-4-8-20(34)25(40)41/h1-2,5-6,13,16,18-20,31H,3-4,7-12,27H2,(H,32,38)(H,33,37)(H,35,36)(H,40,41)(H4,28,29,30). The van der Waals surface area contributed by atoms with Gasteiger partial charge in [-0.05, 0) is 37.3 Å². The van der Waals surface area contributed by atoms with Crippen LogP contribution in [0.15, 0.2) is 35.5 Å². The number of benzene rings is 1. The Bertz CT molecular complexity index is 1310. The van der Waals surface area contributed by atoms with E-state index in [9.17, 15) is 29.1 Å². The Morgan fingerprint density at radius 3 is 2.46 bits per heavy atom. The van der Waals surface area contributed by atoms with Gasteiger partial charge < -0.3 is 47.9 Å². The van der Waals surface area contributed by atoms with E-state index in [1.807, 2.05) is 24.3 Å². The molecule has 2 aromatic rings. The van der Waals surface area contributed by atoms with Crippen molar-refractivity contribution in [3.63, 3.8) is 0 Å². The molecule has 3 rings (SSSR count). The van der Waals surface area contributed by atoms with E-state index < -0.39 is 60.2 Å². The number of carbonyl (C=O) groups is 5. The third kappa shape index (κ3) is 8.41. The van der Waals surface area contributed by atoms with Gasteiger partial charge in [-0.25, -0.2) is 4.79 Å². The molecule has 222 valence electrons. The fourth-order valence-corrected chi connectivity index (χ4v) is 4.81. The van der Waals surface area contributed by atoms with E-state index in [-0.39, 0.29) is 38.3 Å². The molecule has 2 heterocycles. The van der Waals surface area contributed by atoms with Crippen molar-refractivity contribution < 1.29 is 34.2 Å². The van der Waals surface area contributed by atoms with E-state index in [0.29, 0.717) is 18.4 Å². The lowest BCUT2D eigenvalue weighted by molar-refractivity contribution is -0.149.